The first-order valence-electron chi connectivity index (χ1n) is 14.1. The van der Waals surface area contributed by atoms with Gasteiger partial charge in [0.15, 0.2) is 0 Å². The van der Waals surface area contributed by atoms with Gasteiger partial charge in [-0.25, -0.2) is 0 Å². The predicted octanol–water partition coefficient (Wildman–Crippen LogP) is 4.13. The molecule has 2 unspecified atom stereocenters. The molecule has 1 radical (unpaired) electrons. The minimum Gasteiger partial charge on any atom is -0.343 e. The van der Waals surface area contributed by atoms with Gasteiger partial charge in [-0.15, -0.1) is 0 Å². The normalized spacial score (nSPS) is 21.7. The van der Waals surface area contributed by atoms with Gasteiger partial charge in [-0.2, -0.15) is 0 Å². The maximum atomic E-state index is 13.7. The Morgan fingerprint density at radius 3 is 2.33 bits per heavy atom. The van der Waals surface area contributed by atoms with E-state index in [1.807, 2.05) is 58.0 Å². The molecule has 0 aliphatic carbocycles. The third-order valence-electron chi connectivity index (χ3n) is 8.67. The molecule has 2 atom stereocenters. The zero-order valence-corrected chi connectivity index (χ0v) is 23.7. The fourth-order valence-electron chi connectivity index (χ4n) is 6.37. The third kappa shape index (κ3) is 6.30. The van der Waals surface area contributed by atoms with E-state index in [4.69, 9.17) is 11.6 Å². The maximum Gasteiger partial charge on any atom is 0.254 e. The number of carbonyl (C=O) groups is 3. The molecule has 3 saturated heterocycles. The molecule has 2 aromatic carbocycles. The van der Waals surface area contributed by atoms with E-state index in [-0.39, 0.29) is 23.6 Å². The van der Waals surface area contributed by atoms with E-state index in [1.165, 1.54) is 0 Å². The molecule has 3 aliphatic rings. The molecule has 0 aromatic heterocycles. The largest absolute Gasteiger partial charge is 0.343 e. The summed E-state index contributed by atoms with van der Waals surface area (Å²) in [5.41, 5.74) is 2.47. The van der Waals surface area contributed by atoms with Gasteiger partial charge in [-0.1, -0.05) is 35.9 Å². The Kier molecular flexibility index (Phi) is 8.57. The molecule has 3 heterocycles. The number of fused-ring (bicyclic) bond motifs is 1. The fraction of sp³-hybridized carbons (Fsp3) is 0.516. The summed E-state index contributed by atoms with van der Waals surface area (Å²) < 4.78 is 0. The molecule has 0 N–H and O–H groups in total. The van der Waals surface area contributed by atoms with Crippen LogP contribution in [0.4, 0.5) is 5.69 Å². The molecule has 8 heteroatoms. The lowest BCUT2D eigenvalue weighted by Crippen LogP contribution is -2.44. The van der Waals surface area contributed by atoms with Crippen LogP contribution in [0.1, 0.15) is 42.1 Å². The van der Waals surface area contributed by atoms with Gasteiger partial charge < -0.3 is 19.6 Å². The van der Waals surface area contributed by atoms with Crippen molar-refractivity contribution in [2.45, 2.75) is 33.1 Å². The summed E-state index contributed by atoms with van der Waals surface area (Å²) in [5.74, 6) is 1.19. The summed E-state index contributed by atoms with van der Waals surface area (Å²) in [7, 11) is 0. The Labute approximate surface area is 236 Å². The SMILES string of the molecule is CC(=O)N1CCC(C(=O)N(CCCN2CC3CN(C(=O)c4[c]cccc4)CC3C2)c2ccc(C)c(Cl)c2)CC1. The van der Waals surface area contributed by atoms with Gasteiger partial charge in [0.2, 0.25) is 11.8 Å². The number of hydrogen-bond donors (Lipinski definition) is 0. The lowest BCUT2D eigenvalue weighted by molar-refractivity contribution is -0.133. The van der Waals surface area contributed by atoms with Crippen LogP contribution in [0.3, 0.4) is 0 Å². The molecule has 207 valence electrons. The topological polar surface area (TPSA) is 64.2 Å². The molecule has 39 heavy (non-hydrogen) atoms. The predicted molar refractivity (Wildman–Crippen MR) is 153 cm³/mol. The first kappa shape index (κ1) is 27.7. The minimum atomic E-state index is -0.0859. The average molecular weight is 550 g/mol. The minimum absolute atomic E-state index is 0.0735. The number of rotatable bonds is 7. The van der Waals surface area contributed by atoms with Crippen LogP contribution in [0.2, 0.25) is 5.02 Å². The van der Waals surface area contributed by atoms with Crippen molar-refractivity contribution in [1.29, 1.82) is 0 Å². The summed E-state index contributed by atoms with van der Waals surface area (Å²) in [4.78, 5) is 46.5. The molecule has 0 spiro atoms. The van der Waals surface area contributed by atoms with Gasteiger partial charge in [0.25, 0.3) is 5.91 Å². The standard InChI is InChI=1S/C31H38ClN4O3/c1-22-9-10-28(17-29(22)32)36(31(39)25-11-15-34(16-12-25)23(2)37)14-6-13-33-18-26-20-35(21-27(26)19-33)30(38)24-7-4-3-5-8-24/h3-5,7,9-10,17,25-27H,6,11-16,18-21H2,1-2H3. The molecule has 3 amide bonds. The molecule has 0 bridgehead atoms. The van der Waals surface area contributed by atoms with E-state index in [0.29, 0.717) is 54.9 Å². The Bertz CT molecular complexity index is 1180. The highest BCUT2D eigenvalue weighted by Gasteiger charge is 2.41. The van der Waals surface area contributed by atoms with Crippen molar-refractivity contribution in [2.24, 2.45) is 17.8 Å². The molecular formula is C31H38ClN4O3. The van der Waals surface area contributed by atoms with Crippen molar-refractivity contribution in [3.63, 3.8) is 0 Å². The van der Waals surface area contributed by atoms with E-state index in [1.54, 1.807) is 13.0 Å². The van der Waals surface area contributed by atoms with E-state index in [9.17, 15) is 14.4 Å². The smallest absolute Gasteiger partial charge is 0.254 e. The van der Waals surface area contributed by atoms with Crippen molar-refractivity contribution in [1.82, 2.24) is 14.7 Å². The number of benzene rings is 2. The monoisotopic (exact) mass is 549 g/mol. The summed E-state index contributed by atoms with van der Waals surface area (Å²) >= 11 is 6.45. The van der Waals surface area contributed by atoms with Gasteiger partial charge in [0, 0.05) is 74.9 Å². The highest BCUT2D eigenvalue weighted by atomic mass is 35.5. The zero-order valence-electron chi connectivity index (χ0n) is 22.9. The van der Waals surface area contributed by atoms with Crippen LogP contribution in [0.15, 0.2) is 42.5 Å². The van der Waals surface area contributed by atoms with Crippen molar-refractivity contribution in [2.75, 3.05) is 57.3 Å². The van der Waals surface area contributed by atoms with Crippen LogP contribution >= 0.6 is 11.6 Å². The van der Waals surface area contributed by atoms with Gasteiger partial charge >= 0.3 is 0 Å². The lowest BCUT2D eigenvalue weighted by Gasteiger charge is -2.34. The number of nitrogens with zero attached hydrogens (tertiary/aromatic N) is 4. The molecular weight excluding hydrogens is 512 g/mol. The fourth-order valence-corrected chi connectivity index (χ4v) is 6.54. The number of likely N-dealkylation sites (tertiary alicyclic amines) is 3. The maximum absolute atomic E-state index is 13.7. The van der Waals surface area contributed by atoms with Gasteiger partial charge in [0.05, 0.1) is 0 Å². The number of carbonyl (C=O) groups excluding carboxylic acids is 3. The van der Waals surface area contributed by atoms with Crippen LogP contribution in [-0.4, -0.2) is 84.8 Å². The first-order chi connectivity index (χ1) is 18.8. The van der Waals surface area contributed by atoms with Crippen LogP contribution in [0, 0.1) is 30.7 Å². The number of aryl methyl sites for hydroxylation is 1. The number of amides is 3. The van der Waals surface area contributed by atoms with Gasteiger partial charge in [-0.05, 0) is 74.4 Å². The second-order valence-corrected chi connectivity index (χ2v) is 11.7. The Balaban J connectivity index is 1.16. The van der Waals surface area contributed by atoms with Crippen LogP contribution in [0.5, 0.6) is 0 Å². The quantitative estimate of drug-likeness (QED) is 0.521. The van der Waals surface area contributed by atoms with Gasteiger partial charge in [-0.3, -0.25) is 14.4 Å². The van der Waals surface area contributed by atoms with E-state index in [0.717, 1.165) is 50.4 Å². The number of hydrogen-bond acceptors (Lipinski definition) is 4. The van der Waals surface area contributed by atoms with E-state index < -0.39 is 0 Å². The van der Waals surface area contributed by atoms with Crippen molar-refractivity contribution in [3.05, 3.63) is 64.7 Å². The summed E-state index contributed by atoms with van der Waals surface area (Å²) in [5, 5.41) is 0.663. The van der Waals surface area contributed by atoms with E-state index >= 15 is 0 Å². The molecule has 5 rings (SSSR count). The Hall–Kier alpha value is -2.90. The number of halogens is 1. The van der Waals surface area contributed by atoms with Crippen molar-refractivity contribution >= 4 is 35.0 Å². The molecule has 7 nitrogen and oxygen atoms in total. The summed E-state index contributed by atoms with van der Waals surface area (Å²) in [6, 6.07) is 16.3. The molecule has 2 aromatic rings. The van der Waals surface area contributed by atoms with Crippen molar-refractivity contribution in [3.8, 4) is 0 Å². The Morgan fingerprint density at radius 1 is 1.00 bits per heavy atom. The summed E-state index contributed by atoms with van der Waals surface area (Å²) in [6.45, 7) is 9.94. The van der Waals surface area contributed by atoms with Crippen LogP contribution in [0.25, 0.3) is 0 Å². The first-order valence-corrected chi connectivity index (χ1v) is 14.5. The number of anilines is 1. The zero-order chi connectivity index (χ0) is 27.5. The van der Waals surface area contributed by atoms with E-state index in [2.05, 4.69) is 11.0 Å². The van der Waals surface area contributed by atoms with Crippen LogP contribution in [-0.2, 0) is 9.59 Å². The van der Waals surface area contributed by atoms with Gasteiger partial charge in [0.1, 0.15) is 0 Å². The highest BCUT2D eigenvalue weighted by Crippen LogP contribution is 2.32. The lowest BCUT2D eigenvalue weighted by atomic mass is 9.94. The number of piperidine rings is 1. The third-order valence-corrected chi connectivity index (χ3v) is 9.07. The Morgan fingerprint density at radius 2 is 1.72 bits per heavy atom. The molecule has 3 aliphatic heterocycles. The molecule has 3 fully saturated rings. The second kappa shape index (κ2) is 12.1. The summed E-state index contributed by atoms with van der Waals surface area (Å²) in [6.07, 6.45) is 2.25. The molecule has 0 saturated carbocycles. The van der Waals surface area contributed by atoms with Crippen molar-refractivity contribution < 1.29 is 14.4 Å². The highest BCUT2D eigenvalue weighted by molar-refractivity contribution is 6.31. The average Bonchev–Trinajstić information content (AvgIpc) is 3.52. The van der Waals surface area contributed by atoms with Crippen LogP contribution < -0.4 is 4.90 Å². The second-order valence-electron chi connectivity index (χ2n) is 11.3.